The Morgan fingerprint density at radius 2 is 2.03 bits per heavy atom. The molecule has 1 fully saturated rings. The van der Waals surface area contributed by atoms with Gasteiger partial charge in [-0.2, -0.15) is 18.3 Å². The number of carbonyl (C=O) groups excluding carboxylic acids is 1. The number of rotatable bonds is 5. The van der Waals surface area contributed by atoms with E-state index in [-0.39, 0.29) is 41.1 Å². The van der Waals surface area contributed by atoms with Gasteiger partial charge in [0.25, 0.3) is 0 Å². The van der Waals surface area contributed by atoms with E-state index in [0.717, 1.165) is 18.1 Å². The molecule has 0 aliphatic carbocycles. The number of likely N-dealkylation sites (tertiary alicyclic amines) is 1. The van der Waals surface area contributed by atoms with Crippen LogP contribution in [0.15, 0.2) is 36.4 Å². The van der Waals surface area contributed by atoms with Gasteiger partial charge in [0.1, 0.15) is 0 Å². The van der Waals surface area contributed by atoms with Gasteiger partial charge in [0.05, 0.1) is 17.4 Å². The minimum atomic E-state index is -4.55. The third-order valence-corrected chi connectivity index (χ3v) is 5.67. The summed E-state index contributed by atoms with van der Waals surface area (Å²) in [5.74, 6) is -0.147. The molecule has 170 valence electrons. The van der Waals surface area contributed by atoms with Crippen LogP contribution in [-0.2, 0) is 17.4 Å². The fourth-order valence-corrected chi connectivity index (χ4v) is 4.19. The standard InChI is InChI=1S/C23H26F3N5O/c1-14(2)27-21-20-17(23(24,25)26)12-18(28-22(20)30-29-21)16-9-6-10-31(13-16)19(32)11-15-7-4-3-5-8-15/h3-5,7-8,12,14,16H,6,9-11,13H2,1-2H3,(H2,27,28,29,30). The van der Waals surface area contributed by atoms with Gasteiger partial charge in [0, 0.05) is 30.7 Å². The monoisotopic (exact) mass is 445 g/mol. The van der Waals surface area contributed by atoms with Crippen LogP contribution in [0.5, 0.6) is 0 Å². The highest BCUT2D eigenvalue weighted by Crippen LogP contribution is 2.39. The number of hydrogen-bond donors (Lipinski definition) is 2. The molecule has 2 aromatic heterocycles. The van der Waals surface area contributed by atoms with Gasteiger partial charge in [-0.05, 0) is 38.3 Å². The van der Waals surface area contributed by atoms with E-state index in [2.05, 4.69) is 20.5 Å². The predicted octanol–water partition coefficient (Wildman–Crippen LogP) is 4.75. The highest BCUT2D eigenvalue weighted by Gasteiger charge is 2.37. The van der Waals surface area contributed by atoms with Crippen LogP contribution in [0.25, 0.3) is 11.0 Å². The van der Waals surface area contributed by atoms with E-state index in [0.29, 0.717) is 25.2 Å². The SMILES string of the molecule is CC(C)Nc1n[nH]c2nc(C3CCCN(C(=O)Cc4ccccc4)C3)cc(C(F)(F)F)c12. The van der Waals surface area contributed by atoms with Crippen LogP contribution in [0, 0.1) is 0 Å². The minimum absolute atomic E-state index is 0.0250. The van der Waals surface area contributed by atoms with E-state index in [1.807, 2.05) is 44.2 Å². The molecule has 6 nitrogen and oxygen atoms in total. The Bertz CT molecular complexity index is 1090. The lowest BCUT2D eigenvalue weighted by molar-refractivity contribution is -0.136. The second-order valence-electron chi connectivity index (χ2n) is 8.53. The first kappa shape index (κ1) is 22.1. The van der Waals surface area contributed by atoms with Crippen LogP contribution in [0.4, 0.5) is 19.0 Å². The highest BCUT2D eigenvalue weighted by atomic mass is 19.4. The molecule has 1 aliphatic rings. The molecule has 0 saturated carbocycles. The second kappa shape index (κ2) is 8.80. The smallest absolute Gasteiger partial charge is 0.366 e. The van der Waals surface area contributed by atoms with Crippen LogP contribution >= 0.6 is 0 Å². The number of aromatic nitrogens is 3. The summed E-state index contributed by atoms with van der Waals surface area (Å²) in [4.78, 5) is 19.0. The van der Waals surface area contributed by atoms with Crippen molar-refractivity contribution in [2.75, 3.05) is 18.4 Å². The first-order chi connectivity index (χ1) is 15.2. The molecule has 1 aliphatic heterocycles. The number of amides is 1. The Labute approximate surface area is 184 Å². The van der Waals surface area contributed by atoms with Crippen molar-refractivity contribution in [3.8, 4) is 0 Å². The summed E-state index contributed by atoms with van der Waals surface area (Å²) < 4.78 is 41.8. The molecule has 1 aromatic carbocycles. The van der Waals surface area contributed by atoms with Gasteiger partial charge < -0.3 is 10.2 Å². The Morgan fingerprint density at radius 3 is 2.72 bits per heavy atom. The maximum absolute atomic E-state index is 13.9. The Morgan fingerprint density at radius 1 is 1.28 bits per heavy atom. The van der Waals surface area contributed by atoms with Gasteiger partial charge in [-0.1, -0.05) is 30.3 Å². The Kier molecular flexibility index (Phi) is 6.08. The number of piperidine rings is 1. The van der Waals surface area contributed by atoms with E-state index >= 15 is 0 Å². The topological polar surface area (TPSA) is 73.9 Å². The molecule has 2 N–H and O–H groups in total. The largest absolute Gasteiger partial charge is 0.417 e. The first-order valence-electron chi connectivity index (χ1n) is 10.8. The lowest BCUT2D eigenvalue weighted by atomic mass is 9.92. The summed E-state index contributed by atoms with van der Waals surface area (Å²) in [7, 11) is 0. The zero-order valence-corrected chi connectivity index (χ0v) is 18.0. The number of hydrogen-bond acceptors (Lipinski definition) is 4. The van der Waals surface area contributed by atoms with Crippen molar-refractivity contribution >= 4 is 22.8 Å². The number of carbonyl (C=O) groups is 1. The van der Waals surface area contributed by atoms with E-state index in [4.69, 9.17) is 0 Å². The van der Waals surface area contributed by atoms with Gasteiger partial charge in [-0.25, -0.2) is 4.98 Å². The molecule has 0 bridgehead atoms. The molecule has 9 heteroatoms. The summed E-state index contributed by atoms with van der Waals surface area (Å²) in [5, 5.41) is 9.57. The lowest BCUT2D eigenvalue weighted by Gasteiger charge is -2.33. The average Bonchev–Trinajstić information content (AvgIpc) is 3.15. The molecule has 0 radical (unpaired) electrons. The molecule has 0 spiro atoms. The average molecular weight is 445 g/mol. The molecular weight excluding hydrogens is 419 g/mol. The molecule has 1 unspecified atom stereocenters. The van der Waals surface area contributed by atoms with Crippen LogP contribution in [0.3, 0.4) is 0 Å². The summed E-state index contributed by atoms with van der Waals surface area (Å²) in [6.45, 7) is 4.62. The number of nitrogens with zero attached hydrogens (tertiary/aromatic N) is 3. The normalized spacial score (nSPS) is 17.2. The molecule has 3 aromatic rings. The molecule has 1 amide bonds. The van der Waals surface area contributed by atoms with E-state index < -0.39 is 11.7 Å². The van der Waals surface area contributed by atoms with Gasteiger partial charge in [-0.15, -0.1) is 0 Å². The number of alkyl halides is 3. The highest BCUT2D eigenvalue weighted by molar-refractivity contribution is 5.91. The zero-order chi connectivity index (χ0) is 22.9. The molecule has 1 saturated heterocycles. The minimum Gasteiger partial charge on any atom is -0.366 e. The van der Waals surface area contributed by atoms with Crippen molar-refractivity contribution in [1.82, 2.24) is 20.1 Å². The quantitative estimate of drug-likeness (QED) is 0.595. The second-order valence-corrected chi connectivity index (χ2v) is 8.53. The predicted molar refractivity (Wildman–Crippen MR) is 116 cm³/mol. The number of fused-ring (bicyclic) bond motifs is 1. The number of benzene rings is 1. The van der Waals surface area contributed by atoms with Crippen molar-refractivity contribution in [3.05, 3.63) is 53.2 Å². The van der Waals surface area contributed by atoms with Crippen LogP contribution in [-0.4, -0.2) is 45.1 Å². The van der Waals surface area contributed by atoms with Gasteiger partial charge in [0.2, 0.25) is 5.91 Å². The number of pyridine rings is 1. The van der Waals surface area contributed by atoms with Crippen LogP contribution in [0.1, 0.15) is 49.4 Å². The van der Waals surface area contributed by atoms with Crippen LogP contribution < -0.4 is 5.32 Å². The van der Waals surface area contributed by atoms with Crippen molar-refractivity contribution < 1.29 is 18.0 Å². The Hall–Kier alpha value is -3.10. The van der Waals surface area contributed by atoms with Crippen molar-refractivity contribution in [3.63, 3.8) is 0 Å². The summed E-state index contributed by atoms with van der Waals surface area (Å²) in [6.07, 6.45) is -2.88. The number of anilines is 1. The number of nitrogens with one attached hydrogen (secondary N) is 2. The zero-order valence-electron chi connectivity index (χ0n) is 18.0. The molecular formula is C23H26F3N5O. The third kappa shape index (κ3) is 4.71. The van der Waals surface area contributed by atoms with E-state index in [1.165, 1.54) is 0 Å². The van der Waals surface area contributed by atoms with Crippen molar-refractivity contribution in [1.29, 1.82) is 0 Å². The molecule has 32 heavy (non-hydrogen) atoms. The van der Waals surface area contributed by atoms with E-state index in [1.54, 1.807) is 4.90 Å². The third-order valence-electron chi connectivity index (χ3n) is 5.67. The number of aromatic amines is 1. The van der Waals surface area contributed by atoms with Crippen LogP contribution in [0.2, 0.25) is 0 Å². The Balaban J connectivity index is 1.62. The fraction of sp³-hybridized carbons (Fsp3) is 0.435. The maximum atomic E-state index is 13.9. The molecule has 4 rings (SSSR count). The van der Waals surface area contributed by atoms with Crippen molar-refractivity contribution in [2.45, 2.75) is 51.2 Å². The maximum Gasteiger partial charge on any atom is 0.417 e. The summed E-state index contributed by atoms with van der Waals surface area (Å²) in [5.41, 5.74) is 0.593. The van der Waals surface area contributed by atoms with E-state index in [9.17, 15) is 18.0 Å². The molecule has 1 atom stereocenters. The number of halogens is 3. The lowest BCUT2D eigenvalue weighted by Crippen LogP contribution is -2.40. The van der Waals surface area contributed by atoms with Gasteiger partial charge in [-0.3, -0.25) is 9.89 Å². The molecule has 3 heterocycles. The summed E-state index contributed by atoms with van der Waals surface area (Å²) in [6, 6.07) is 10.5. The fourth-order valence-electron chi connectivity index (χ4n) is 4.19. The van der Waals surface area contributed by atoms with Crippen molar-refractivity contribution in [2.24, 2.45) is 0 Å². The van der Waals surface area contributed by atoms with Gasteiger partial charge >= 0.3 is 6.18 Å². The number of H-pyrrole nitrogens is 1. The first-order valence-corrected chi connectivity index (χ1v) is 10.8. The summed E-state index contributed by atoms with van der Waals surface area (Å²) >= 11 is 0. The van der Waals surface area contributed by atoms with Gasteiger partial charge in [0.15, 0.2) is 11.5 Å².